The van der Waals surface area contributed by atoms with Gasteiger partial charge in [0.15, 0.2) is 0 Å². The Morgan fingerprint density at radius 2 is 1.29 bits per heavy atom. The second-order valence-electron chi connectivity index (χ2n) is 6.86. The molecule has 1 heterocycles. The lowest BCUT2D eigenvalue weighted by molar-refractivity contribution is -0.897. The van der Waals surface area contributed by atoms with Crippen LogP contribution in [0.3, 0.4) is 0 Å². The molecule has 0 unspecified atom stereocenters. The monoisotopic (exact) mass is 477 g/mol. The molecule has 0 aromatic carbocycles. The molecule has 0 saturated carbocycles. The van der Waals surface area contributed by atoms with E-state index in [-0.39, 0.29) is 24.0 Å². The number of nitrogens with zero attached hydrogens (tertiary/aromatic N) is 1. The number of phosphoric ester groups is 1. The van der Waals surface area contributed by atoms with E-state index in [9.17, 15) is 4.57 Å². The molecule has 0 aromatic heterocycles. The zero-order valence-corrected chi connectivity index (χ0v) is 18.9. The van der Waals surface area contributed by atoms with Crippen molar-refractivity contribution in [2.75, 3.05) is 46.5 Å². The topological polar surface area (TPSA) is 44.8 Å². The van der Waals surface area contributed by atoms with Gasteiger partial charge in [0.25, 0.3) is 0 Å². The molecule has 0 spiro atoms. The molecular weight excluding hydrogens is 440 g/mol. The van der Waals surface area contributed by atoms with Crippen molar-refractivity contribution in [3.05, 3.63) is 0 Å². The summed E-state index contributed by atoms with van der Waals surface area (Å²) in [5.41, 5.74) is 0. The van der Waals surface area contributed by atoms with Gasteiger partial charge in [-0.1, -0.05) is 39.5 Å². The van der Waals surface area contributed by atoms with Crippen LogP contribution < -0.4 is 24.0 Å². The molecule has 5 nitrogen and oxygen atoms in total. The van der Waals surface area contributed by atoms with E-state index in [0.29, 0.717) is 19.8 Å². The molecule has 0 aromatic rings. The molecule has 0 atom stereocenters. The first-order valence-electron chi connectivity index (χ1n) is 9.41. The lowest BCUT2D eigenvalue weighted by Gasteiger charge is -2.29. The first-order valence-corrected chi connectivity index (χ1v) is 10.9. The van der Waals surface area contributed by atoms with E-state index >= 15 is 0 Å². The van der Waals surface area contributed by atoms with Crippen LogP contribution >= 0.6 is 7.82 Å². The highest BCUT2D eigenvalue weighted by atomic mass is 127. The second kappa shape index (κ2) is 13.9. The van der Waals surface area contributed by atoms with Crippen molar-refractivity contribution in [1.29, 1.82) is 0 Å². The molecule has 7 heteroatoms. The van der Waals surface area contributed by atoms with Crippen LogP contribution in [0.25, 0.3) is 0 Å². The molecule has 1 rings (SSSR count). The largest absolute Gasteiger partial charge is 1.00 e. The van der Waals surface area contributed by atoms with Gasteiger partial charge in [0.2, 0.25) is 0 Å². The standard InChI is InChI=1S/C17H37NO4P.HI/c1-4-6-10-15-20-23(19,21-16-11-7-5-2)22-17-14-18(3)12-8-9-13-18;/h4-17H2,1-3H3;1H/q+1;/p-1. The van der Waals surface area contributed by atoms with Crippen LogP contribution in [-0.2, 0) is 18.1 Å². The Balaban J connectivity index is 0.00000529. The highest BCUT2D eigenvalue weighted by Crippen LogP contribution is 2.49. The van der Waals surface area contributed by atoms with Crippen molar-refractivity contribution in [3.8, 4) is 0 Å². The van der Waals surface area contributed by atoms with Gasteiger partial charge < -0.3 is 28.5 Å². The highest BCUT2D eigenvalue weighted by molar-refractivity contribution is 7.48. The van der Waals surface area contributed by atoms with Crippen molar-refractivity contribution in [3.63, 3.8) is 0 Å². The van der Waals surface area contributed by atoms with Gasteiger partial charge in [-0.25, -0.2) is 4.57 Å². The quantitative estimate of drug-likeness (QED) is 0.166. The summed E-state index contributed by atoms with van der Waals surface area (Å²) in [6, 6.07) is 0. The van der Waals surface area contributed by atoms with Gasteiger partial charge in [0, 0.05) is 12.8 Å². The number of hydrogen-bond acceptors (Lipinski definition) is 4. The number of hydrogen-bond donors (Lipinski definition) is 0. The number of likely N-dealkylation sites (N-methyl/N-ethyl adjacent to an activating group) is 1. The molecule has 1 saturated heterocycles. The smallest absolute Gasteiger partial charge is 0.474 e. The third-order valence-corrected chi connectivity index (χ3v) is 6.02. The van der Waals surface area contributed by atoms with E-state index in [4.69, 9.17) is 13.6 Å². The normalized spacial score (nSPS) is 17.0. The van der Waals surface area contributed by atoms with Crippen LogP contribution in [0, 0.1) is 0 Å². The van der Waals surface area contributed by atoms with Gasteiger partial charge in [-0.2, -0.15) is 0 Å². The maximum atomic E-state index is 12.7. The Bertz CT molecular complexity index is 335. The van der Waals surface area contributed by atoms with Crippen LogP contribution in [0.5, 0.6) is 0 Å². The van der Waals surface area contributed by atoms with Crippen LogP contribution in [0.1, 0.15) is 65.2 Å². The minimum atomic E-state index is -3.40. The van der Waals surface area contributed by atoms with Crippen LogP contribution in [0.2, 0.25) is 0 Å². The lowest BCUT2D eigenvalue weighted by atomic mass is 10.3. The number of halogens is 1. The number of unbranched alkanes of at least 4 members (excludes halogenated alkanes) is 4. The average molecular weight is 477 g/mol. The number of likely N-dealkylation sites (tertiary alicyclic amines) is 1. The highest BCUT2D eigenvalue weighted by Gasteiger charge is 2.30. The summed E-state index contributed by atoms with van der Waals surface area (Å²) >= 11 is 0. The Morgan fingerprint density at radius 3 is 1.75 bits per heavy atom. The van der Waals surface area contributed by atoms with E-state index in [0.717, 1.165) is 49.6 Å². The van der Waals surface area contributed by atoms with Gasteiger partial charge in [-0.3, -0.25) is 13.6 Å². The van der Waals surface area contributed by atoms with Crippen molar-refractivity contribution >= 4 is 7.82 Å². The Morgan fingerprint density at radius 1 is 0.833 bits per heavy atom. The Kier molecular flexibility index (Phi) is 14.4. The van der Waals surface area contributed by atoms with Gasteiger partial charge in [-0.05, 0) is 12.8 Å². The molecule has 24 heavy (non-hydrogen) atoms. The summed E-state index contributed by atoms with van der Waals surface area (Å²) in [5.74, 6) is 0. The SMILES string of the molecule is CCCCCOP(=O)(OCCCCC)OCC[N+]1(C)CCCC1.[I-]. The maximum absolute atomic E-state index is 12.7. The van der Waals surface area contributed by atoms with Gasteiger partial charge in [-0.15, -0.1) is 0 Å². The zero-order chi connectivity index (χ0) is 17.0. The fraction of sp³-hybridized carbons (Fsp3) is 1.00. The zero-order valence-electron chi connectivity index (χ0n) is 15.8. The first-order chi connectivity index (χ1) is 11.0. The summed E-state index contributed by atoms with van der Waals surface area (Å²) in [6.07, 6.45) is 8.72. The third kappa shape index (κ3) is 10.7. The second-order valence-corrected chi connectivity index (χ2v) is 8.53. The number of phosphoric acid groups is 1. The van der Waals surface area contributed by atoms with E-state index in [1.165, 1.54) is 25.9 Å². The molecule has 1 fully saturated rings. The minimum Gasteiger partial charge on any atom is -1.00 e. The van der Waals surface area contributed by atoms with E-state index in [2.05, 4.69) is 20.9 Å². The molecular formula is C17H37INO4P. The van der Waals surface area contributed by atoms with Gasteiger partial charge >= 0.3 is 7.82 Å². The summed E-state index contributed by atoms with van der Waals surface area (Å²) in [6.45, 7) is 8.85. The van der Waals surface area contributed by atoms with E-state index in [1.807, 2.05) is 0 Å². The summed E-state index contributed by atoms with van der Waals surface area (Å²) in [7, 11) is -1.15. The average Bonchev–Trinajstić information content (AvgIpc) is 2.95. The predicted octanol–water partition coefficient (Wildman–Crippen LogP) is 1.77. The Labute approximate surface area is 166 Å². The summed E-state index contributed by atoms with van der Waals surface area (Å²) < 4.78 is 30.4. The van der Waals surface area contributed by atoms with Crippen molar-refractivity contribution in [2.45, 2.75) is 65.2 Å². The maximum Gasteiger partial charge on any atom is 0.474 e. The molecule has 0 amide bonds. The first kappa shape index (κ1) is 24.8. The van der Waals surface area contributed by atoms with Gasteiger partial charge in [0.05, 0.1) is 33.4 Å². The molecule has 0 radical (unpaired) electrons. The lowest BCUT2D eigenvalue weighted by Crippen LogP contribution is -3.00. The number of quaternary nitrogens is 1. The predicted molar refractivity (Wildman–Crippen MR) is 94.5 cm³/mol. The molecule has 1 aliphatic rings. The third-order valence-electron chi connectivity index (χ3n) is 4.52. The van der Waals surface area contributed by atoms with E-state index in [1.54, 1.807) is 0 Å². The molecule has 0 N–H and O–H groups in total. The van der Waals surface area contributed by atoms with Gasteiger partial charge in [0.1, 0.15) is 13.2 Å². The molecule has 0 aliphatic carbocycles. The molecule has 146 valence electrons. The Hall–Kier alpha value is 0.800. The van der Waals surface area contributed by atoms with Crippen LogP contribution in [0.15, 0.2) is 0 Å². The van der Waals surface area contributed by atoms with E-state index < -0.39 is 7.82 Å². The minimum absolute atomic E-state index is 0. The van der Waals surface area contributed by atoms with Crippen molar-refractivity contribution in [2.24, 2.45) is 0 Å². The summed E-state index contributed by atoms with van der Waals surface area (Å²) in [4.78, 5) is 0. The number of rotatable bonds is 14. The molecule has 0 bridgehead atoms. The van der Waals surface area contributed by atoms with Crippen LogP contribution in [-0.4, -0.2) is 51.0 Å². The fourth-order valence-corrected chi connectivity index (χ4v) is 4.10. The fourth-order valence-electron chi connectivity index (χ4n) is 2.86. The summed E-state index contributed by atoms with van der Waals surface area (Å²) in [5, 5.41) is 0. The van der Waals surface area contributed by atoms with Crippen LogP contribution in [0.4, 0.5) is 0 Å². The van der Waals surface area contributed by atoms with Crippen molar-refractivity contribution in [1.82, 2.24) is 0 Å². The molecule has 1 aliphatic heterocycles. The van der Waals surface area contributed by atoms with Crippen molar-refractivity contribution < 1.29 is 46.6 Å².